The first-order valence-electron chi connectivity index (χ1n) is 34.1. The largest absolute Gasteiger partial charge is 0.493 e. The molecule has 0 aliphatic rings. The van der Waals surface area contributed by atoms with E-state index in [0.29, 0.717) is 26.4 Å². The molecule has 8 nitrogen and oxygen atoms in total. The first kappa shape index (κ1) is 61.3. The van der Waals surface area contributed by atoms with Gasteiger partial charge in [-0.25, -0.2) is 0 Å². The van der Waals surface area contributed by atoms with Gasteiger partial charge in [0.1, 0.15) is 23.0 Å². The van der Waals surface area contributed by atoms with Crippen molar-refractivity contribution in [1.82, 2.24) is 19.9 Å². The van der Waals surface area contributed by atoms with Crippen LogP contribution in [0.3, 0.4) is 0 Å². The van der Waals surface area contributed by atoms with Crippen LogP contribution in [0.15, 0.2) is 243 Å². The predicted octanol–water partition coefficient (Wildman–Crippen LogP) is 21.8. The molecule has 0 saturated carbocycles. The van der Waals surface area contributed by atoms with Gasteiger partial charge in [0.25, 0.3) is 0 Å². The van der Waals surface area contributed by atoms with Gasteiger partial charge < -0.3 is 18.9 Å². The van der Waals surface area contributed by atoms with E-state index < -0.39 is 0 Å². The van der Waals surface area contributed by atoms with Gasteiger partial charge in [0.05, 0.1) is 48.5 Å². The minimum atomic E-state index is 0.581. The fourth-order valence-electron chi connectivity index (χ4n) is 13.2. The molecule has 14 aromatic rings. The molecule has 0 aliphatic carbocycles. The number of unbranched alkanes of at least 4 members (excludes halogenated alkanes) is 8. The van der Waals surface area contributed by atoms with Gasteiger partial charge in [0.15, 0.2) is 0 Å². The molecule has 0 radical (unpaired) electrons. The highest BCUT2D eigenvalue weighted by Gasteiger charge is 2.19. The summed E-state index contributed by atoms with van der Waals surface area (Å²) in [5.41, 5.74) is 12.9. The maximum absolute atomic E-state index is 6.84. The van der Waals surface area contributed by atoms with Gasteiger partial charge in [0, 0.05) is 56.5 Å². The van der Waals surface area contributed by atoms with Crippen molar-refractivity contribution in [3.63, 3.8) is 0 Å². The molecule has 468 valence electrons. The minimum Gasteiger partial charge on any atom is -0.493 e. The van der Waals surface area contributed by atoms with Crippen LogP contribution in [0.2, 0.25) is 0 Å². The Hall–Kier alpha value is -10.2. The van der Waals surface area contributed by atoms with Crippen molar-refractivity contribution < 1.29 is 18.9 Å². The zero-order valence-corrected chi connectivity index (χ0v) is 53.7. The number of aromatic nitrogens is 4. The van der Waals surface area contributed by atoms with Crippen molar-refractivity contribution in [2.24, 2.45) is 0 Å². The van der Waals surface area contributed by atoms with E-state index in [0.717, 1.165) is 204 Å². The maximum Gasteiger partial charge on any atom is 0.123 e. The summed E-state index contributed by atoms with van der Waals surface area (Å²) in [4.78, 5) is 19.8. The molecule has 0 amide bonds. The molecule has 14 rings (SSSR count). The SMILES string of the molecule is c1ccc2cc3cc4c(-c5cc(OCCCCCc6ccc7ccccc7n6)cc(OCCCCCc6ccc7ccccc7n6)c5)c(-c5cc(OCCCCCc6ccc7ccccc7n6)cc(OCCCCCc6ccc7ccccc7n6)c5)ccc4cc3cc2c1. The summed E-state index contributed by atoms with van der Waals surface area (Å²) in [6.07, 6.45) is 15.6. The fraction of sp³-hybridized carbons (Fsp3) is 0.233. The van der Waals surface area contributed by atoms with Crippen LogP contribution in [0.25, 0.3) is 98.2 Å². The fourth-order valence-corrected chi connectivity index (χ4v) is 13.2. The van der Waals surface area contributed by atoms with Gasteiger partial charge in [-0.2, -0.15) is 0 Å². The first-order chi connectivity index (χ1) is 46.5. The second-order valence-corrected chi connectivity index (χ2v) is 25.1. The van der Waals surface area contributed by atoms with Crippen molar-refractivity contribution in [1.29, 1.82) is 0 Å². The Bertz CT molecular complexity index is 4710. The second kappa shape index (κ2) is 30.1. The summed E-state index contributed by atoms with van der Waals surface area (Å²) in [6, 6.07) is 86.4. The molecule has 8 heteroatoms. The zero-order valence-electron chi connectivity index (χ0n) is 53.7. The summed E-state index contributed by atoms with van der Waals surface area (Å²) in [6.45, 7) is 2.33. The van der Waals surface area contributed by atoms with E-state index in [2.05, 4.69) is 243 Å². The van der Waals surface area contributed by atoms with Gasteiger partial charge >= 0.3 is 0 Å². The highest BCUT2D eigenvalue weighted by Crippen LogP contribution is 2.44. The number of rotatable bonds is 30. The third-order valence-electron chi connectivity index (χ3n) is 18.2. The number of benzene rings is 10. The topological polar surface area (TPSA) is 88.5 Å². The van der Waals surface area contributed by atoms with Crippen LogP contribution in [0.4, 0.5) is 0 Å². The van der Waals surface area contributed by atoms with Crippen LogP contribution in [-0.4, -0.2) is 46.4 Å². The van der Waals surface area contributed by atoms with Gasteiger partial charge in [-0.3, -0.25) is 19.9 Å². The average molecular weight is 1230 g/mol. The van der Waals surface area contributed by atoms with Crippen LogP contribution < -0.4 is 18.9 Å². The lowest BCUT2D eigenvalue weighted by molar-refractivity contribution is 0.290. The molecule has 0 fully saturated rings. The number of ether oxygens (including phenoxy) is 4. The van der Waals surface area contributed by atoms with Gasteiger partial charge in [-0.1, -0.05) is 133 Å². The zero-order chi connectivity index (χ0) is 63.1. The first-order valence-corrected chi connectivity index (χ1v) is 34.1. The van der Waals surface area contributed by atoms with Crippen LogP contribution in [0.5, 0.6) is 23.0 Å². The number of aryl methyl sites for hydroxylation is 4. The maximum atomic E-state index is 6.84. The highest BCUT2D eigenvalue weighted by molar-refractivity contribution is 6.12. The molecular weight excluding hydrogens is 1150 g/mol. The molecule has 4 heterocycles. The Morgan fingerprint density at radius 3 is 0.904 bits per heavy atom. The molecule has 0 saturated heterocycles. The van der Waals surface area contributed by atoms with Gasteiger partial charge in [0.2, 0.25) is 0 Å². The Balaban J connectivity index is 0.753. The minimum absolute atomic E-state index is 0.581. The lowest BCUT2D eigenvalue weighted by Gasteiger charge is -2.19. The lowest BCUT2D eigenvalue weighted by atomic mass is 9.88. The standard InChI is InChI=1S/C86H80N4O4/c1(5-29-72-42-37-61-23-11-15-33-82(61)87-72)19-47-91-76-54-70(55-77(59-76)92-48-20-2-6-30-73-43-38-62-24-12-16-34-83(62)88-73)80-46-41-67-53-68-51-65-27-9-10-28-66(65)52-69(68)58-81(67)86(80)71-56-78(93-49-21-3-7-31-74-44-39-63-25-13-17-35-84(63)89-74)60-79(57-71)94-50-22-4-8-32-75-45-40-64-26-14-18-36-85(64)90-75/h9-18,23-28,33-46,51-60H,1-8,19-22,29-32,47-50H2. The quantitative estimate of drug-likeness (QED) is 0.0325. The molecule has 94 heavy (non-hydrogen) atoms. The van der Waals surface area contributed by atoms with Crippen molar-refractivity contribution >= 4 is 75.9 Å². The van der Waals surface area contributed by atoms with E-state index in [1.807, 2.05) is 0 Å². The van der Waals surface area contributed by atoms with E-state index in [-0.39, 0.29) is 0 Å². The second-order valence-electron chi connectivity index (χ2n) is 25.1. The summed E-state index contributed by atoms with van der Waals surface area (Å²) < 4.78 is 27.3. The van der Waals surface area contributed by atoms with Crippen LogP contribution in [0.1, 0.15) is 99.8 Å². The smallest absolute Gasteiger partial charge is 0.123 e. The number of fused-ring (bicyclic) bond motifs is 7. The molecular formula is C86H80N4O4. The number of hydrogen-bond donors (Lipinski definition) is 0. The van der Waals surface area contributed by atoms with Crippen molar-refractivity contribution in [3.05, 3.63) is 265 Å². The number of para-hydroxylation sites is 4. The molecule has 0 aliphatic heterocycles. The highest BCUT2D eigenvalue weighted by atomic mass is 16.5. The van der Waals surface area contributed by atoms with E-state index in [1.165, 1.54) is 43.1 Å². The van der Waals surface area contributed by atoms with Gasteiger partial charge in [-0.05, 0) is 254 Å². The third-order valence-corrected chi connectivity index (χ3v) is 18.2. The number of hydrogen-bond acceptors (Lipinski definition) is 8. The Kier molecular flexibility index (Phi) is 19.6. The molecule has 0 bridgehead atoms. The van der Waals surface area contributed by atoms with E-state index in [1.54, 1.807) is 0 Å². The van der Waals surface area contributed by atoms with Crippen molar-refractivity contribution in [3.8, 4) is 45.3 Å². The predicted molar refractivity (Wildman–Crippen MR) is 389 cm³/mol. The Morgan fingerprint density at radius 2 is 0.532 bits per heavy atom. The van der Waals surface area contributed by atoms with Crippen molar-refractivity contribution in [2.75, 3.05) is 26.4 Å². The summed E-state index contributed by atoms with van der Waals surface area (Å²) in [5.74, 6) is 3.15. The van der Waals surface area contributed by atoms with E-state index in [4.69, 9.17) is 38.9 Å². The van der Waals surface area contributed by atoms with Gasteiger partial charge in [-0.15, -0.1) is 0 Å². The molecule has 0 N–H and O–H groups in total. The summed E-state index contributed by atoms with van der Waals surface area (Å²) >= 11 is 0. The van der Waals surface area contributed by atoms with E-state index in [9.17, 15) is 0 Å². The normalized spacial score (nSPS) is 11.6. The Morgan fingerprint density at radius 1 is 0.223 bits per heavy atom. The molecule has 0 atom stereocenters. The average Bonchev–Trinajstić information content (AvgIpc) is 0.753. The number of pyridine rings is 4. The third kappa shape index (κ3) is 15.5. The molecule has 10 aromatic carbocycles. The van der Waals surface area contributed by atoms with Crippen LogP contribution in [-0.2, 0) is 25.7 Å². The van der Waals surface area contributed by atoms with Crippen LogP contribution >= 0.6 is 0 Å². The summed E-state index contributed by atoms with van der Waals surface area (Å²) in [7, 11) is 0. The molecule has 0 unspecified atom stereocenters. The van der Waals surface area contributed by atoms with Crippen molar-refractivity contribution in [2.45, 2.75) is 103 Å². The summed E-state index contributed by atoms with van der Waals surface area (Å²) in [5, 5.41) is 11.8. The molecule has 4 aromatic heterocycles. The molecule has 0 spiro atoms. The monoisotopic (exact) mass is 1230 g/mol. The van der Waals surface area contributed by atoms with Crippen LogP contribution in [0, 0.1) is 0 Å². The lowest BCUT2D eigenvalue weighted by Crippen LogP contribution is -2.02. The Labute approximate surface area is 551 Å². The number of nitrogens with zero attached hydrogens (tertiary/aromatic N) is 4. The van der Waals surface area contributed by atoms with E-state index >= 15 is 0 Å².